The van der Waals surface area contributed by atoms with E-state index in [1.54, 1.807) is 0 Å². The number of nitrogens with zero attached hydrogens (tertiary/aromatic N) is 6. The zero-order valence-corrected chi connectivity index (χ0v) is 26.0. The maximum Gasteiger partial charge on any atom is 0.226 e. The van der Waals surface area contributed by atoms with Gasteiger partial charge in [0.15, 0.2) is 17.0 Å². The molecule has 0 bridgehead atoms. The van der Waals surface area contributed by atoms with Crippen LogP contribution in [0.15, 0.2) is 36.7 Å². The van der Waals surface area contributed by atoms with Gasteiger partial charge in [-0.2, -0.15) is 9.97 Å². The molecule has 8 rings (SSSR count). The number of fused-ring (bicyclic) bond motifs is 6. The van der Waals surface area contributed by atoms with Gasteiger partial charge in [0, 0.05) is 44.3 Å². The number of piperidine rings is 1. The summed E-state index contributed by atoms with van der Waals surface area (Å²) < 4.78 is 9.19. The molecule has 5 fully saturated rings. The van der Waals surface area contributed by atoms with Gasteiger partial charge in [-0.1, -0.05) is 25.1 Å². The molecular formula is C33H42ClN7O2. The largest absolute Gasteiger partial charge is 0.368 e. The fourth-order valence-electron chi connectivity index (χ4n) is 9.66. The molecular weight excluding hydrogens is 562 g/mol. The highest BCUT2D eigenvalue weighted by Gasteiger charge is 2.59. The molecule has 5 heterocycles. The number of carbonyl (C=O) groups is 1. The number of piperazine rings is 1. The second-order valence-corrected chi connectivity index (χ2v) is 14.4. The number of benzene rings is 1. The molecule has 1 aromatic carbocycles. The number of ether oxygens (including phenoxy) is 1. The first kappa shape index (κ1) is 27.6. The number of halogens is 1. The van der Waals surface area contributed by atoms with Crippen molar-refractivity contribution in [3.8, 4) is 0 Å². The first-order valence-corrected chi connectivity index (χ1v) is 16.6. The molecule has 3 aliphatic heterocycles. The van der Waals surface area contributed by atoms with Gasteiger partial charge in [0.05, 0.1) is 11.9 Å². The SMILES string of the molecule is C[C@]12CCC(=O)N[C@@H]1CC[C@@H]1[C@@H]2CC[C@]2(C)O[C@H](n3cnc4c(N5CCN(c6ccccc6)CC5)nc(Cl)nc43)CC[C@@H]12. The van der Waals surface area contributed by atoms with E-state index in [0.29, 0.717) is 30.2 Å². The van der Waals surface area contributed by atoms with Crippen molar-refractivity contribution in [2.75, 3.05) is 36.0 Å². The van der Waals surface area contributed by atoms with Crippen molar-refractivity contribution >= 4 is 40.2 Å². The van der Waals surface area contributed by atoms with Crippen LogP contribution in [-0.4, -0.2) is 63.2 Å². The van der Waals surface area contributed by atoms with Gasteiger partial charge >= 0.3 is 0 Å². The van der Waals surface area contributed by atoms with Crippen molar-refractivity contribution in [3.05, 3.63) is 41.9 Å². The summed E-state index contributed by atoms with van der Waals surface area (Å²) in [6, 6.07) is 10.9. The van der Waals surface area contributed by atoms with Gasteiger partial charge < -0.3 is 19.9 Å². The Bertz CT molecular complexity index is 1520. The Kier molecular flexibility index (Phi) is 6.64. The average Bonchev–Trinajstić information content (AvgIpc) is 3.44. The number of hydrogen-bond acceptors (Lipinski definition) is 7. The van der Waals surface area contributed by atoms with Crippen LogP contribution in [-0.2, 0) is 9.53 Å². The smallest absolute Gasteiger partial charge is 0.226 e. The summed E-state index contributed by atoms with van der Waals surface area (Å²) in [5.41, 5.74) is 2.82. The molecule has 10 heteroatoms. The zero-order chi connectivity index (χ0) is 29.3. The van der Waals surface area contributed by atoms with E-state index in [2.05, 4.69) is 73.8 Å². The average molecular weight is 604 g/mol. The molecule has 0 spiro atoms. The minimum atomic E-state index is -0.185. The van der Waals surface area contributed by atoms with Crippen LogP contribution < -0.4 is 15.1 Å². The molecule has 2 aromatic heterocycles. The van der Waals surface area contributed by atoms with E-state index in [1.165, 1.54) is 12.1 Å². The summed E-state index contributed by atoms with van der Waals surface area (Å²) in [6.07, 6.45) is 9.97. The van der Waals surface area contributed by atoms with Gasteiger partial charge in [-0.15, -0.1) is 0 Å². The summed E-state index contributed by atoms with van der Waals surface area (Å²) in [4.78, 5) is 31.1. The van der Waals surface area contributed by atoms with Crippen LogP contribution in [0, 0.1) is 23.2 Å². The van der Waals surface area contributed by atoms with Crippen LogP contribution in [0.1, 0.15) is 71.4 Å². The second-order valence-electron chi connectivity index (χ2n) is 14.0. The minimum absolute atomic E-state index is 0.127. The lowest BCUT2D eigenvalue weighted by atomic mass is 9.48. The van der Waals surface area contributed by atoms with Gasteiger partial charge in [0.25, 0.3) is 0 Å². The quantitative estimate of drug-likeness (QED) is 0.390. The number of hydrogen-bond donors (Lipinski definition) is 1. The normalized spacial score (nSPS) is 36.1. The first-order valence-electron chi connectivity index (χ1n) is 16.2. The lowest BCUT2D eigenvalue weighted by molar-refractivity contribution is -0.231. The Labute approximate surface area is 258 Å². The molecule has 228 valence electrons. The van der Waals surface area contributed by atoms with Crippen molar-refractivity contribution < 1.29 is 9.53 Å². The van der Waals surface area contributed by atoms with E-state index in [-0.39, 0.29) is 28.4 Å². The fourth-order valence-corrected chi connectivity index (χ4v) is 9.83. The number of imidazole rings is 1. The van der Waals surface area contributed by atoms with E-state index >= 15 is 0 Å². The van der Waals surface area contributed by atoms with Crippen LogP contribution in [0.4, 0.5) is 11.5 Å². The molecule has 1 amide bonds. The minimum Gasteiger partial charge on any atom is -0.368 e. The number of para-hydroxylation sites is 1. The van der Waals surface area contributed by atoms with Crippen molar-refractivity contribution in [3.63, 3.8) is 0 Å². The van der Waals surface area contributed by atoms with Crippen LogP contribution in [0.2, 0.25) is 5.28 Å². The van der Waals surface area contributed by atoms with Gasteiger partial charge in [0.1, 0.15) is 6.23 Å². The molecule has 2 saturated carbocycles. The third kappa shape index (κ3) is 4.52. The van der Waals surface area contributed by atoms with Gasteiger partial charge in [-0.25, -0.2) is 4.98 Å². The predicted octanol–water partition coefficient (Wildman–Crippen LogP) is 5.60. The monoisotopic (exact) mass is 603 g/mol. The molecule has 5 aliphatic rings. The predicted molar refractivity (Wildman–Crippen MR) is 167 cm³/mol. The van der Waals surface area contributed by atoms with E-state index in [4.69, 9.17) is 21.3 Å². The summed E-state index contributed by atoms with van der Waals surface area (Å²) in [5.74, 6) is 2.87. The van der Waals surface area contributed by atoms with E-state index in [9.17, 15) is 4.79 Å². The number of aromatic nitrogens is 4. The van der Waals surface area contributed by atoms with Gasteiger partial charge in [-0.05, 0) is 98.8 Å². The summed E-state index contributed by atoms with van der Waals surface area (Å²) in [7, 11) is 0. The zero-order valence-electron chi connectivity index (χ0n) is 25.2. The molecule has 3 aromatic rings. The number of rotatable bonds is 3. The molecule has 0 radical (unpaired) electrons. The highest BCUT2D eigenvalue weighted by Crippen LogP contribution is 2.61. The highest BCUT2D eigenvalue weighted by atomic mass is 35.5. The number of carbonyl (C=O) groups excluding carboxylic acids is 1. The Morgan fingerprint density at radius 1 is 0.930 bits per heavy atom. The summed E-state index contributed by atoms with van der Waals surface area (Å²) in [6.45, 7) is 8.30. The third-order valence-electron chi connectivity index (χ3n) is 11.9. The van der Waals surface area contributed by atoms with Crippen molar-refractivity contribution in [1.82, 2.24) is 24.8 Å². The van der Waals surface area contributed by atoms with E-state index in [1.807, 2.05) is 6.33 Å². The number of anilines is 2. The van der Waals surface area contributed by atoms with Crippen molar-refractivity contribution in [2.24, 2.45) is 23.2 Å². The summed E-state index contributed by atoms with van der Waals surface area (Å²) in [5, 5.41) is 3.60. The summed E-state index contributed by atoms with van der Waals surface area (Å²) >= 11 is 6.56. The maximum absolute atomic E-state index is 12.2. The Morgan fingerprint density at radius 2 is 1.72 bits per heavy atom. The topological polar surface area (TPSA) is 88.4 Å². The van der Waals surface area contributed by atoms with Crippen molar-refractivity contribution in [2.45, 2.75) is 83.1 Å². The lowest BCUT2D eigenvalue weighted by Crippen LogP contribution is -2.63. The molecule has 1 N–H and O–H groups in total. The Morgan fingerprint density at radius 3 is 2.53 bits per heavy atom. The van der Waals surface area contributed by atoms with Crippen LogP contribution in [0.25, 0.3) is 11.2 Å². The van der Waals surface area contributed by atoms with Crippen molar-refractivity contribution in [1.29, 1.82) is 0 Å². The molecule has 0 unspecified atom stereocenters. The Hall–Kier alpha value is -2.91. The molecule has 43 heavy (non-hydrogen) atoms. The van der Waals surface area contributed by atoms with E-state index < -0.39 is 0 Å². The number of nitrogens with one attached hydrogen (secondary N) is 1. The van der Waals surface area contributed by atoms with Gasteiger partial charge in [-0.3, -0.25) is 9.36 Å². The molecule has 9 nitrogen and oxygen atoms in total. The standard InChI is InChI=1S/C33H42ClN7O2/c1-32-14-13-26(42)36-25(32)10-8-22-23(32)12-15-33(2)24(22)9-11-27(43-33)41-20-35-28-29(37-31(34)38-30(28)41)40-18-16-39(17-19-40)21-6-4-3-5-7-21/h3-7,20,22-25,27H,8-19H2,1-2H3,(H,36,42)/t22-,23+,24+,25-,27+,32-,33+/m1/s1. The highest BCUT2D eigenvalue weighted by molar-refractivity contribution is 6.28. The fraction of sp³-hybridized carbons (Fsp3) is 0.636. The second kappa shape index (κ2) is 10.3. The molecule has 3 saturated heterocycles. The Balaban J connectivity index is 1.01. The van der Waals surface area contributed by atoms with Crippen LogP contribution >= 0.6 is 11.6 Å². The lowest BCUT2D eigenvalue weighted by Gasteiger charge is -2.62. The molecule has 2 aliphatic carbocycles. The van der Waals surface area contributed by atoms with Gasteiger partial charge in [0.2, 0.25) is 11.2 Å². The number of amides is 1. The molecule has 7 atom stereocenters. The van der Waals surface area contributed by atoms with Crippen LogP contribution in [0.3, 0.4) is 0 Å². The van der Waals surface area contributed by atoms with Crippen LogP contribution in [0.5, 0.6) is 0 Å². The van der Waals surface area contributed by atoms with E-state index in [0.717, 1.165) is 81.7 Å². The first-order chi connectivity index (χ1) is 20.8. The maximum atomic E-state index is 12.2. The third-order valence-corrected chi connectivity index (χ3v) is 12.1.